The lowest BCUT2D eigenvalue weighted by Crippen LogP contribution is -2.32. The van der Waals surface area contributed by atoms with Crippen LogP contribution in [-0.4, -0.2) is 44.4 Å². The van der Waals surface area contributed by atoms with Crippen molar-refractivity contribution in [3.05, 3.63) is 29.8 Å². The summed E-state index contributed by atoms with van der Waals surface area (Å²) in [6.07, 6.45) is 1.40. The van der Waals surface area contributed by atoms with Crippen LogP contribution in [-0.2, 0) is 4.74 Å². The molecule has 1 fully saturated rings. The molecule has 0 bridgehead atoms. The second kappa shape index (κ2) is 7.78. The molecule has 1 saturated heterocycles. The minimum absolute atomic E-state index is 0.203. The van der Waals surface area contributed by atoms with Gasteiger partial charge in [0.25, 0.3) is 0 Å². The van der Waals surface area contributed by atoms with Gasteiger partial charge < -0.3 is 15.2 Å². The molecule has 2 rings (SSSR count). The zero-order chi connectivity index (χ0) is 15.2. The van der Waals surface area contributed by atoms with Gasteiger partial charge in [0.15, 0.2) is 0 Å². The average molecular weight is 292 g/mol. The molecular formula is C17H28N2O2. The molecule has 0 amide bonds. The molecule has 0 saturated carbocycles. The number of likely N-dealkylation sites (tertiary alicyclic amines) is 1. The molecule has 4 heteroatoms. The molecule has 4 nitrogen and oxygen atoms in total. The summed E-state index contributed by atoms with van der Waals surface area (Å²) in [5, 5.41) is 0. The average Bonchev–Trinajstić information content (AvgIpc) is 2.90. The van der Waals surface area contributed by atoms with Gasteiger partial charge in [-0.1, -0.05) is 12.1 Å². The minimum atomic E-state index is 0.203. The summed E-state index contributed by atoms with van der Waals surface area (Å²) in [6, 6.07) is 8.65. The van der Waals surface area contributed by atoms with Crippen molar-refractivity contribution in [2.24, 2.45) is 11.7 Å². The van der Waals surface area contributed by atoms with E-state index in [1.807, 2.05) is 26.0 Å². The van der Waals surface area contributed by atoms with Crippen molar-refractivity contribution in [3.63, 3.8) is 0 Å². The highest BCUT2D eigenvalue weighted by Crippen LogP contribution is 2.28. The number of hydrogen-bond acceptors (Lipinski definition) is 4. The summed E-state index contributed by atoms with van der Waals surface area (Å²) in [7, 11) is 1.77. The molecule has 0 aliphatic carbocycles. The van der Waals surface area contributed by atoms with Crippen molar-refractivity contribution in [2.45, 2.75) is 32.4 Å². The van der Waals surface area contributed by atoms with Gasteiger partial charge in [-0.05, 0) is 50.4 Å². The summed E-state index contributed by atoms with van der Waals surface area (Å²) < 4.78 is 11.0. The minimum Gasteiger partial charge on any atom is -0.491 e. The van der Waals surface area contributed by atoms with Gasteiger partial charge >= 0.3 is 0 Å². The van der Waals surface area contributed by atoms with Gasteiger partial charge in [0.05, 0.1) is 12.7 Å². The normalized spacial score (nSPS) is 20.9. The standard InChI is InChI=1S/C17H28N2O2/c1-13(2)21-16-6-4-15(5-7-16)17(10-18)19-9-8-14(11-19)12-20-3/h4-7,13-14,17H,8-12,18H2,1-3H3. The number of benzene rings is 1. The van der Waals surface area contributed by atoms with E-state index in [4.69, 9.17) is 15.2 Å². The van der Waals surface area contributed by atoms with E-state index in [1.165, 1.54) is 12.0 Å². The summed E-state index contributed by atoms with van der Waals surface area (Å²) in [5.41, 5.74) is 7.29. The molecule has 1 aliphatic rings. The highest BCUT2D eigenvalue weighted by atomic mass is 16.5. The van der Waals surface area contributed by atoms with Gasteiger partial charge in [-0.15, -0.1) is 0 Å². The Balaban J connectivity index is 2.00. The van der Waals surface area contributed by atoms with Gasteiger partial charge in [0.1, 0.15) is 5.75 Å². The van der Waals surface area contributed by atoms with Crippen molar-refractivity contribution in [3.8, 4) is 5.75 Å². The van der Waals surface area contributed by atoms with Gasteiger partial charge in [-0.3, -0.25) is 4.90 Å². The van der Waals surface area contributed by atoms with Crippen LogP contribution < -0.4 is 10.5 Å². The van der Waals surface area contributed by atoms with E-state index in [2.05, 4.69) is 17.0 Å². The number of nitrogens with zero attached hydrogens (tertiary/aromatic N) is 1. The Bertz CT molecular complexity index is 419. The molecular weight excluding hydrogens is 264 g/mol. The lowest BCUT2D eigenvalue weighted by atomic mass is 10.1. The van der Waals surface area contributed by atoms with Crippen molar-refractivity contribution in [1.82, 2.24) is 4.90 Å². The third-order valence-corrected chi connectivity index (χ3v) is 4.02. The molecule has 2 N–H and O–H groups in total. The van der Waals surface area contributed by atoms with Crippen molar-refractivity contribution >= 4 is 0 Å². The van der Waals surface area contributed by atoms with E-state index in [0.29, 0.717) is 18.5 Å². The van der Waals surface area contributed by atoms with E-state index >= 15 is 0 Å². The first-order chi connectivity index (χ1) is 10.1. The van der Waals surface area contributed by atoms with Crippen LogP contribution in [0.25, 0.3) is 0 Å². The predicted molar refractivity (Wildman–Crippen MR) is 85.6 cm³/mol. The Hall–Kier alpha value is -1.10. The number of methoxy groups -OCH3 is 1. The van der Waals surface area contributed by atoms with Crippen LogP contribution in [0.15, 0.2) is 24.3 Å². The van der Waals surface area contributed by atoms with Crippen molar-refractivity contribution in [2.75, 3.05) is 33.4 Å². The lowest BCUT2D eigenvalue weighted by molar-refractivity contribution is 0.147. The van der Waals surface area contributed by atoms with E-state index in [-0.39, 0.29) is 6.10 Å². The smallest absolute Gasteiger partial charge is 0.119 e. The Morgan fingerprint density at radius 3 is 2.57 bits per heavy atom. The number of rotatable bonds is 7. The zero-order valence-electron chi connectivity index (χ0n) is 13.4. The fourth-order valence-corrected chi connectivity index (χ4v) is 3.05. The predicted octanol–water partition coefficient (Wildman–Crippen LogP) is 2.44. The summed E-state index contributed by atoms with van der Waals surface area (Å²) >= 11 is 0. The molecule has 2 atom stereocenters. The quantitative estimate of drug-likeness (QED) is 0.838. The van der Waals surface area contributed by atoms with Gasteiger partial charge in [-0.2, -0.15) is 0 Å². The maximum Gasteiger partial charge on any atom is 0.119 e. The van der Waals surface area contributed by atoms with E-state index in [9.17, 15) is 0 Å². The van der Waals surface area contributed by atoms with E-state index in [1.54, 1.807) is 7.11 Å². The van der Waals surface area contributed by atoms with Crippen LogP contribution in [0.2, 0.25) is 0 Å². The Morgan fingerprint density at radius 1 is 1.29 bits per heavy atom. The van der Waals surface area contributed by atoms with Crippen molar-refractivity contribution in [1.29, 1.82) is 0 Å². The highest BCUT2D eigenvalue weighted by Gasteiger charge is 2.28. The molecule has 1 heterocycles. The fourth-order valence-electron chi connectivity index (χ4n) is 3.05. The third kappa shape index (κ3) is 4.43. The van der Waals surface area contributed by atoms with Crippen LogP contribution >= 0.6 is 0 Å². The summed E-state index contributed by atoms with van der Waals surface area (Å²) in [6.45, 7) is 7.73. The SMILES string of the molecule is COCC1CCN(C(CN)c2ccc(OC(C)C)cc2)C1. The zero-order valence-corrected chi connectivity index (χ0v) is 13.4. The summed E-state index contributed by atoms with van der Waals surface area (Å²) in [5.74, 6) is 1.55. The maximum absolute atomic E-state index is 6.02. The third-order valence-electron chi connectivity index (χ3n) is 4.02. The molecule has 1 aromatic rings. The number of ether oxygens (including phenoxy) is 2. The molecule has 1 aliphatic heterocycles. The first-order valence-corrected chi connectivity index (χ1v) is 7.83. The maximum atomic E-state index is 6.02. The number of hydrogen-bond donors (Lipinski definition) is 1. The molecule has 0 aromatic heterocycles. The van der Waals surface area contributed by atoms with Crippen LogP contribution in [0.1, 0.15) is 31.9 Å². The van der Waals surface area contributed by atoms with Crippen LogP contribution in [0.3, 0.4) is 0 Å². The largest absolute Gasteiger partial charge is 0.491 e. The topological polar surface area (TPSA) is 47.7 Å². The molecule has 118 valence electrons. The van der Waals surface area contributed by atoms with E-state index in [0.717, 1.165) is 25.4 Å². The second-order valence-electron chi connectivity index (χ2n) is 6.09. The highest BCUT2D eigenvalue weighted by molar-refractivity contribution is 5.29. The molecule has 0 spiro atoms. The van der Waals surface area contributed by atoms with E-state index < -0.39 is 0 Å². The first kappa shape index (κ1) is 16.3. The lowest BCUT2D eigenvalue weighted by Gasteiger charge is -2.27. The second-order valence-corrected chi connectivity index (χ2v) is 6.09. The van der Waals surface area contributed by atoms with Crippen molar-refractivity contribution < 1.29 is 9.47 Å². The molecule has 0 radical (unpaired) electrons. The molecule has 1 aromatic carbocycles. The Kier molecular flexibility index (Phi) is 6.03. The first-order valence-electron chi connectivity index (χ1n) is 7.83. The van der Waals surface area contributed by atoms with Gasteiger partial charge in [0.2, 0.25) is 0 Å². The Morgan fingerprint density at radius 2 is 2.00 bits per heavy atom. The van der Waals surface area contributed by atoms with Crippen LogP contribution in [0, 0.1) is 5.92 Å². The summed E-state index contributed by atoms with van der Waals surface area (Å²) in [4.78, 5) is 2.47. The Labute approximate surface area is 128 Å². The van der Waals surface area contributed by atoms with Gasteiger partial charge in [-0.25, -0.2) is 0 Å². The fraction of sp³-hybridized carbons (Fsp3) is 0.647. The monoisotopic (exact) mass is 292 g/mol. The number of nitrogens with two attached hydrogens (primary N) is 1. The molecule has 2 unspecified atom stereocenters. The van der Waals surface area contributed by atoms with Crippen LogP contribution in [0.5, 0.6) is 5.75 Å². The van der Waals surface area contributed by atoms with Gasteiger partial charge in [0, 0.05) is 26.2 Å². The molecule has 21 heavy (non-hydrogen) atoms. The van der Waals surface area contributed by atoms with Crippen LogP contribution in [0.4, 0.5) is 0 Å².